The van der Waals surface area contributed by atoms with Crippen LogP contribution in [0.3, 0.4) is 0 Å². The number of nitrogens with one attached hydrogen (secondary N) is 2. The van der Waals surface area contributed by atoms with E-state index in [2.05, 4.69) is 20.8 Å². The van der Waals surface area contributed by atoms with Crippen LogP contribution in [0.15, 0.2) is 29.4 Å². The van der Waals surface area contributed by atoms with Gasteiger partial charge in [0.15, 0.2) is 0 Å². The normalized spacial score (nSPS) is 12.8. The number of hydrazone groups is 1. The van der Waals surface area contributed by atoms with Gasteiger partial charge in [-0.15, -0.1) is 0 Å². The van der Waals surface area contributed by atoms with E-state index in [-0.39, 0.29) is 5.15 Å². The van der Waals surface area contributed by atoms with E-state index in [1.54, 1.807) is 20.8 Å². The summed E-state index contributed by atoms with van der Waals surface area (Å²) < 4.78 is 5.10. The molecule has 1 atom stereocenters. The van der Waals surface area contributed by atoms with E-state index in [9.17, 15) is 9.59 Å². The number of aryl methyl sites for hydroxylation is 1. The van der Waals surface area contributed by atoms with Crippen molar-refractivity contribution in [1.29, 1.82) is 0 Å². The van der Waals surface area contributed by atoms with Crippen molar-refractivity contribution in [3.63, 3.8) is 0 Å². The summed E-state index contributed by atoms with van der Waals surface area (Å²) in [6.45, 7) is 8.73. The van der Waals surface area contributed by atoms with E-state index in [1.165, 1.54) is 13.1 Å². The Labute approximate surface area is 163 Å². The molecule has 0 saturated carbocycles. The largest absolute Gasteiger partial charge is 0.444 e. The number of rotatable bonds is 4. The summed E-state index contributed by atoms with van der Waals surface area (Å²) in [5.74, 6) is -0.488. The molecule has 144 valence electrons. The number of hydrogen-bond acceptors (Lipinski definition) is 5. The fourth-order valence-electron chi connectivity index (χ4n) is 2.17. The van der Waals surface area contributed by atoms with Crippen LogP contribution in [-0.2, 0) is 9.53 Å². The lowest BCUT2D eigenvalue weighted by molar-refractivity contribution is -0.122. The van der Waals surface area contributed by atoms with Crippen LogP contribution in [0.4, 0.5) is 4.79 Å². The molecule has 0 bridgehead atoms. The van der Waals surface area contributed by atoms with E-state index in [1.807, 2.05) is 31.2 Å². The molecule has 1 aromatic carbocycles. The third kappa shape index (κ3) is 6.21. The van der Waals surface area contributed by atoms with Gasteiger partial charge in [-0.25, -0.2) is 15.2 Å². The smallest absolute Gasteiger partial charge is 0.408 e. The molecule has 27 heavy (non-hydrogen) atoms. The average Bonchev–Trinajstić information content (AvgIpc) is 2.53. The Morgan fingerprint density at radius 1 is 1.30 bits per heavy atom. The summed E-state index contributed by atoms with van der Waals surface area (Å²) >= 11 is 6.18. The van der Waals surface area contributed by atoms with Crippen molar-refractivity contribution in [3.8, 4) is 0 Å². The molecule has 0 spiro atoms. The number of halogens is 1. The Morgan fingerprint density at radius 2 is 2.00 bits per heavy atom. The molecule has 0 aliphatic carbocycles. The lowest BCUT2D eigenvalue weighted by Gasteiger charge is -2.21. The number of aromatic nitrogens is 1. The Hall–Kier alpha value is -2.67. The summed E-state index contributed by atoms with van der Waals surface area (Å²) in [6.07, 6.45) is 0.735. The first kappa shape index (κ1) is 20.6. The highest BCUT2D eigenvalue weighted by Gasteiger charge is 2.20. The minimum atomic E-state index is -0.815. The Balaban J connectivity index is 1.99. The van der Waals surface area contributed by atoms with Crippen LogP contribution in [0.2, 0.25) is 5.15 Å². The number of amides is 2. The molecule has 0 saturated heterocycles. The van der Waals surface area contributed by atoms with Crippen LogP contribution in [-0.4, -0.2) is 34.8 Å². The van der Waals surface area contributed by atoms with Crippen molar-refractivity contribution < 1.29 is 14.3 Å². The van der Waals surface area contributed by atoms with Crippen molar-refractivity contribution in [2.45, 2.75) is 46.3 Å². The average molecular weight is 391 g/mol. The molecule has 2 rings (SSSR count). The maximum Gasteiger partial charge on any atom is 0.408 e. The van der Waals surface area contributed by atoms with Crippen molar-refractivity contribution in [1.82, 2.24) is 15.7 Å². The molecule has 0 aliphatic rings. The molecule has 8 heteroatoms. The topological polar surface area (TPSA) is 92.7 Å². The predicted octanol–water partition coefficient (Wildman–Crippen LogP) is 3.56. The predicted molar refractivity (Wildman–Crippen MR) is 106 cm³/mol. The first-order valence-corrected chi connectivity index (χ1v) is 8.82. The van der Waals surface area contributed by atoms with E-state index in [0.717, 1.165) is 16.5 Å². The van der Waals surface area contributed by atoms with Crippen LogP contribution in [0.1, 0.15) is 38.8 Å². The van der Waals surface area contributed by atoms with Crippen molar-refractivity contribution in [2.24, 2.45) is 5.10 Å². The summed E-state index contributed by atoms with van der Waals surface area (Å²) in [5.41, 5.74) is 4.16. The van der Waals surface area contributed by atoms with Crippen LogP contribution in [0, 0.1) is 6.92 Å². The van der Waals surface area contributed by atoms with Crippen molar-refractivity contribution in [3.05, 3.63) is 40.5 Å². The Morgan fingerprint density at radius 3 is 2.67 bits per heavy atom. The minimum Gasteiger partial charge on any atom is -0.444 e. The zero-order chi connectivity index (χ0) is 20.2. The highest BCUT2D eigenvalue weighted by atomic mass is 35.5. The second-order valence-electron chi connectivity index (χ2n) is 7.17. The zero-order valence-corrected chi connectivity index (χ0v) is 16.7. The summed E-state index contributed by atoms with van der Waals surface area (Å²) in [6, 6.07) is 6.88. The third-order valence-electron chi connectivity index (χ3n) is 3.46. The molecule has 1 aromatic heterocycles. The van der Waals surface area contributed by atoms with Gasteiger partial charge < -0.3 is 10.1 Å². The molecule has 2 amide bonds. The van der Waals surface area contributed by atoms with Gasteiger partial charge in [0.25, 0.3) is 5.91 Å². The Kier molecular flexibility index (Phi) is 6.38. The van der Waals surface area contributed by atoms with Gasteiger partial charge in [0.05, 0.1) is 11.7 Å². The SMILES string of the molecule is Cc1ccc2cc(/C=N\NC(=O)[C@H](C)NC(=O)OC(C)(C)C)c(Cl)nc2c1. The van der Waals surface area contributed by atoms with E-state index >= 15 is 0 Å². The second kappa shape index (κ2) is 8.35. The van der Waals surface area contributed by atoms with Gasteiger partial charge in [0.1, 0.15) is 16.8 Å². The van der Waals surface area contributed by atoms with E-state index < -0.39 is 23.6 Å². The van der Waals surface area contributed by atoms with E-state index in [4.69, 9.17) is 16.3 Å². The zero-order valence-electron chi connectivity index (χ0n) is 16.0. The molecule has 0 unspecified atom stereocenters. The van der Waals surface area contributed by atoms with Gasteiger partial charge >= 0.3 is 6.09 Å². The van der Waals surface area contributed by atoms with Gasteiger partial charge in [-0.3, -0.25) is 4.79 Å². The molecule has 0 radical (unpaired) electrons. The second-order valence-corrected chi connectivity index (χ2v) is 7.52. The number of alkyl carbamates (subject to hydrolysis) is 1. The van der Waals surface area contributed by atoms with Gasteiger partial charge in [0.2, 0.25) is 0 Å². The summed E-state index contributed by atoms with van der Waals surface area (Å²) in [7, 11) is 0. The highest BCUT2D eigenvalue weighted by molar-refractivity contribution is 6.32. The van der Waals surface area contributed by atoms with E-state index in [0.29, 0.717) is 5.56 Å². The molecule has 2 N–H and O–H groups in total. The molecule has 0 aliphatic heterocycles. The number of benzene rings is 1. The van der Waals surface area contributed by atoms with Crippen LogP contribution >= 0.6 is 11.6 Å². The van der Waals surface area contributed by atoms with Crippen molar-refractivity contribution >= 4 is 40.7 Å². The van der Waals surface area contributed by atoms with Crippen LogP contribution in [0.25, 0.3) is 10.9 Å². The number of hydrogen-bond donors (Lipinski definition) is 2. The van der Waals surface area contributed by atoms with Gasteiger partial charge in [-0.05, 0) is 52.3 Å². The quantitative estimate of drug-likeness (QED) is 0.474. The number of pyridine rings is 1. The number of carbonyl (C=O) groups is 2. The standard InChI is InChI=1S/C19H23ClN4O3/c1-11-6-7-13-9-14(16(20)23-15(13)8-11)10-21-24-17(25)12(2)22-18(26)27-19(3,4)5/h6-10,12H,1-5H3,(H,22,26)(H,24,25)/b21-10-/t12-/m0/s1. The molecule has 1 heterocycles. The molecule has 2 aromatic rings. The number of fused-ring (bicyclic) bond motifs is 1. The summed E-state index contributed by atoms with van der Waals surface area (Å²) in [5, 5.41) is 7.53. The number of nitrogens with zero attached hydrogens (tertiary/aromatic N) is 2. The van der Waals surface area contributed by atoms with Crippen molar-refractivity contribution in [2.75, 3.05) is 0 Å². The first-order valence-electron chi connectivity index (χ1n) is 8.44. The van der Waals surface area contributed by atoms with Gasteiger partial charge in [-0.2, -0.15) is 5.10 Å². The number of ether oxygens (including phenoxy) is 1. The van der Waals surface area contributed by atoms with Crippen LogP contribution in [0.5, 0.6) is 0 Å². The van der Waals surface area contributed by atoms with Crippen LogP contribution < -0.4 is 10.7 Å². The summed E-state index contributed by atoms with van der Waals surface area (Å²) in [4.78, 5) is 28.0. The highest BCUT2D eigenvalue weighted by Crippen LogP contribution is 2.20. The molecule has 0 fully saturated rings. The fraction of sp³-hybridized carbons (Fsp3) is 0.368. The number of carbonyl (C=O) groups excluding carboxylic acids is 2. The molecular formula is C19H23ClN4O3. The maximum absolute atomic E-state index is 12.0. The molecular weight excluding hydrogens is 368 g/mol. The minimum absolute atomic E-state index is 0.283. The lowest BCUT2D eigenvalue weighted by atomic mass is 10.1. The maximum atomic E-state index is 12.0. The first-order chi connectivity index (χ1) is 12.5. The van der Waals surface area contributed by atoms with Gasteiger partial charge in [0, 0.05) is 10.9 Å². The molecule has 7 nitrogen and oxygen atoms in total. The lowest BCUT2D eigenvalue weighted by Crippen LogP contribution is -2.45. The fourth-order valence-corrected chi connectivity index (χ4v) is 2.37. The van der Waals surface area contributed by atoms with Gasteiger partial charge in [-0.1, -0.05) is 23.7 Å². The third-order valence-corrected chi connectivity index (χ3v) is 3.76. The Bertz CT molecular complexity index is 890. The monoisotopic (exact) mass is 390 g/mol.